The van der Waals surface area contributed by atoms with E-state index in [9.17, 15) is 9.90 Å². The minimum absolute atomic E-state index is 0.104. The number of hydrogen-bond acceptors (Lipinski definition) is 4. The Labute approximate surface area is 156 Å². The van der Waals surface area contributed by atoms with Crippen LogP contribution in [0.3, 0.4) is 0 Å². The van der Waals surface area contributed by atoms with E-state index in [1.165, 1.54) is 12.1 Å². The molecule has 2 N–H and O–H groups in total. The molecule has 0 fully saturated rings. The van der Waals surface area contributed by atoms with Crippen molar-refractivity contribution in [2.45, 2.75) is 0 Å². The van der Waals surface area contributed by atoms with Crippen LogP contribution >= 0.6 is 0 Å². The van der Waals surface area contributed by atoms with Crippen LogP contribution in [0, 0.1) is 0 Å². The van der Waals surface area contributed by atoms with Crippen molar-refractivity contribution in [3.8, 4) is 11.3 Å². The number of carbonyl (C=O) groups is 1. The number of carboxylic acids is 1. The van der Waals surface area contributed by atoms with Gasteiger partial charge in [-0.05, 0) is 29.3 Å². The summed E-state index contributed by atoms with van der Waals surface area (Å²) < 4.78 is 0. The molecule has 0 saturated heterocycles. The summed E-state index contributed by atoms with van der Waals surface area (Å²) in [4.78, 5) is 14.4. The predicted molar refractivity (Wildman–Crippen MR) is 106 cm³/mol. The number of benzene rings is 3. The molecule has 4 rings (SSSR count). The molecule has 0 spiro atoms. The maximum Gasteiger partial charge on any atom is 0.0716 e. The molecule has 27 heavy (non-hydrogen) atoms. The SMILES string of the molecule is O=C([O-])c1cccc(N/N=C/c2c(-c3ccccc3)[nH]c3ccccc23)c1. The molecule has 0 amide bonds. The zero-order valence-electron chi connectivity index (χ0n) is 14.3. The highest BCUT2D eigenvalue weighted by molar-refractivity contribution is 6.06. The number of H-pyrrole nitrogens is 1. The van der Waals surface area contributed by atoms with E-state index >= 15 is 0 Å². The molecule has 0 atom stereocenters. The Morgan fingerprint density at radius 1 is 0.963 bits per heavy atom. The third-order valence-electron chi connectivity index (χ3n) is 4.29. The van der Waals surface area contributed by atoms with Crippen LogP contribution in [-0.2, 0) is 0 Å². The lowest BCUT2D eigenvalue weighted by molar-refractivity contribution is -0.255. The van der Waals surface area contributed by atoms with Crippen molar-refractivity contribution in [2.75, 3.05) is 5.43 Å². The number of aromatic amines is 1. The van der Waals surface area contributed by atoms with Gasteiger partial charge in [-0.15, -0.1) is 0 Å². The average molecular weight is 354 g/mol. The van der Waals surface area contributed by atoms with Crippen LogP contribution in [0.15, 0.2) is 84.0 Å². The molecule has 0 aliphatic carbocycles. The van der Waals surface area contributed by atoms with Gasteiger partial charge in [0, 0.05) is 16.5 Å². The second-order valence-corrected chi connectivity index (χ2v) is 6.06. The lowest BCUT2D eigenvalue weighted by Gasteiger charge is -2.05. The minimum Gasteiger partial charge on any atom is -0.545 e. The lowest BCUT2D eigenvalue weighted by Crippen LogP contribution is -2.22. The zero-order chi connectivity index (χ0) is 18.6. The molecule has 0 radical (unpaired) electrons. The molecule has 1 heterocycles. The second-order valence-electron chi connectivity index (χ2n) is 6.06. The Kier molecular flexibility index (Phi) is 4.41. The molecule has 3 aromatic carbocycles. The van der Waals surface area contributed by atoms with Gasteiger partial charge in [0.15, 0.2) is 0 Å². The molecular weight excluding hydrogens is 338 g/mol. The van der Waals surface area contributed by atoms with Crippen LogP contribution in [-0.4, -0.2) is 17.2 Å². The van der Waals surface area contributed by atoms with E-state index in [-0.39, 0.29) is 5.56 Å². The summed E-state index contributed by atoms with van der Waals surface area (Å²) >= 11 is 0. The largest absolute Gasteiger partial charge is 0.545 e. The molecule has 0 aliphatic rings. The first-order chi connectivity index (χ1) is 13.2. The Morgan fingerprint density at radius 3 is 2.56 bits per heavy atom. The number of hydrazone groups is 1. The van der Waals surface area contributed by atoms with Crippen LogP contribution in [0.4, 0.5) is 5.69 Å². The zero-order valence-corrected chi connectivity index (χ0v) is 14.3. The minimum atomic E-state index is -1.22. The number of nitrogens with zero attached hydrogens (tertiary/aromatic N) is 1. The molecule has 5 heteroatoms. The third kappa shape index (κ3) is 3.43. The number of fused-ring (bicyclic) bond motifs is 1. The molecule has 0 unspecified atom stereocenters. The Bertz CT molecular complexity index is 1130. The molecule has 0 aliphatic heterocycles. The van der Waals surface area contributed by atoms with Crippen molar-refractivity contribution < 1.29 is 9.90 Å². The number of hydrogen-bond donors (Lipinski definition) is 2. The normalized spacial score (nSPS) is 11.1. The number of anilines is 1. The van der Waals surface area contributed by atoms with Crippen LogP contribution < -0.4 is 10.5 Å². The Balaban J connectivity index is 1.70. The van der Waals surface area contributed by atoms with Crippen LogP contribution in [0.2, 0.25) is 0 Å². The quantitative estimate of drug-likeness (QED) is 0.424. The molecule has 4 aromatic rings. The van der Waals surface area contributed by atoms with Gasteiger partial charge in [-0.25, -0.2) is 0 Å². The molecule has 0 saturated carbocycles. The van der Waals surface area contributed by atoms with Crippen molar-refractivity contribution in [1.29, 1.82) is 0 Å². The summed E-state index contributed by atoms with van der Waals surface area (Å²) in [5, 5.41) is 16.4. The second kappa shape index (κ2) is 7.17. The summed E-state index contributed by atoms with van der Waals surface area (Å²) in [7, 11) is 0. The van der Waals surface area contributed by atoms with Gasteiger partial charge in [0.25, 0.3) is 0 Å². The van der Waals surface area contributed by atoms with Crippen molar-refractivity contribution >= 4 is 28.8 Å². The summed E-state index contributed by atoms with van der Waals surface area (Å²) in [6, 6.07) is 24.4. The van der Waals surface area contributed by atoms with Gasteiger partial charge in [0.2, 0.25) is 0 Å². The maximum atomic E-state index is 11.0. The number of carbonyl (C=O) groups excluding carboxylic acids is 1. The van der Waals surface area contributed by atoms with Crippen molar-refractivity contribution in [1.82, 2.24) is 4.98 Å². The van der Waals surface area contributed by atoms with Crippen LogP contribution in [0.5, 0.6) is 0 Å². The fourth-order valence-corrected chi connectivity index (χ4v) is 3.02. The molecule has 0 bridgehead atoms. The fourth-order valence-electron chi connectivity index (χ4n) is 3.02. The summed E-state index contributed by atoms with van der Waals surface area (Å²) in [6.45, 7) is 0. The smallest absolute Gasteiger partial charge is 0.0716 e. The van der Waals surface area contributed by atoms with Crippen molar-refractivity contribution in [3.05, 3.63) is 90.0 Å². The van der Waals surface area contributed by atoms with Crippen LogP contribution in [0.25, 0.3) is 22.2 Å². The lowest BCUT2D eigenvalue weighted by atomic mass is 10.1. The number of aromatic carboxylic acids is 1. The van der Waals surface area contributed by atoms with Gasteiger partial charge in [-0.2, -0.15) is 5.10 Å². The van der Waals surface area contributed by atoms with Gasteiger partial charge in [-0.1, -0.05) is 60.7 Å². The van der Waals surface area contributed by atoms with E-state index in [4.69, 9.17) is 0 Å². The first kappa shape index (κ1) is 16.6. The number of rotatable bonds is 5. The van der Waals surface area contributed by atoms with E-state index < -0.39 is 5.97 Å². The van der Waals surface area contributed by atoms with Gasteiger partial charge in [-0.3, -0.25) is 5.43 Å². The van der Waals surface area contributed by atoms with Crippen molar-refractivity contribution in [3.63, 3.8) is 0 Å². The number of carboxylic acid groups (broad SMARTS) is 1. The highest BCUT2D eigenvalue weighted by Gasteiger charge is 2.11. The molecular formula is C22H16N3O2-. The standard InChI is InChI=1S/C22H17N3O2/c26-22(27)16-9-6-10-17(13-16)25-23-14-19-18-11-4-5-12-20(18)24-21(19)15-7-2-1-3-8-15/h1-14,24-25H,(H,26,27)/p-1/b23-14+. The first-order valence-corrected chi connectivity index (χ1v) is 8.49. The number of nitrogens with one attached hydrogen (secondary N) is 2. The fraction of sp³-hybridized carbons (Fsp3) is 0. The average Bonchev–Trinajstić information content (AvgIpc) is 3.08. The van der Waals surface area contributed by atoms with E-state index in [1.807, 2.05) is 54.6 Å². The first-order valence-electron chi connectivity index (χ1n) is 8.49. The van der Waals surface area contributed by atoms with Crippen molar-refractivity contribution in [2.24, 2.45) is 5.10 Å². The summed E-state index contributed by atoms with van der Waals surface area (Å²) in [6.07, 6.45) is 1.74. The van der Waals surface area contributed by atoms with E-state index in [2.05, 4.69) is 15.5 Å². The molecule has 1 aromatic heterocycles. The Hall–Kier alpha value is -3.86. The molecule has 5 nitrogen and oxygen atoms in total. The van der Waals surface area contributed by atoms with E-state index in [0.29, 0.717) is 5.69 Å². The highest BCUT2D eigenvalue weighted by atomic mass is 16.4. The third-order valence-corrected chi connectivity index (χ3v) is 4.29. The monoisotopic (exact) mass is 354 g/mol. The summed E-state index contributed by atoms with van der Waals surface area (Å²) in [5.41, 5.74) is 7.59. The highest BCUT2D eigenvalue weighted by Crippen LogP contribution is 2.29. The Morgan fingerprint density at radius 2 is 1.74 bits per heavy atom. The van der Waals surface area contributed by atoms with Gasteiger partial charge < -0.3 is 14.9 Å². The van der Waals surface area contributed by atoms with E-state index in [0.717, 1.165) is 27.7 Å². The number of para-hydroxylation sites is 1. The maximum absolute atomic E-state index is 11.0. The van der Waals surface area contributed by atoms with Gasteiger partial charge in [0.1, 0.15) is 0 Å². The topological polar surface area (TPSA) is 80.3 Å². The van der Waals surface area contributed by atoms with Crippen LogP contribution in [0.1, 0.15) is 15.9 Å². The van der Waals surface area contributed by atoms with Gasteiger partial charge in [0.05, 0.1) is 23.6 Å². The summed E-state index contributed by atoms with van der Waals surface area (Å²) in [5.74, 6) is -1.22. The number of aromatic nitrogens is 1. The molecule has 132 valence electrons. The van der Waals surface area contributed by atoms with Gasteiger partial charge >= 0.3 is 0 Å². The van der Waals surface area contributed by atoms with E-state index in [1.54, 1.807) is 18.3 Å². The predicted octanol–water partition coefficient (Wildman–Crippen LogP) is 3.64.